The molecule has 0 fully saturated rings. The highest BCUT2D eigenvalue weighted by Gasteiger charge is 2.54. The molecule has 0 amide bonds. The number of aryl methyl sites for hydroxylation is 2. The number of nitrogens with zero attached hydrogens (tertiary/aromatic N) is 1. The first-order valence-electron chi connectivity index (χ1n) is 19.5. The molecule has 0 saturated heterocycles. The van der Waals surface area contributed by atoms with Gasteiger partial charge >= 0.3 is 0 Å². The second-order valence-electron chi connectivity index (χ2n) is 16.2. The van der Waals surface area contributed by atoms with Gasteiger partial charge in [0.1, 0.15) is 0 Å². The van der Waals surface area contributed by atoms with Crippen molar-refractivity contribution in [2.24, 2.45) is 0 Å². The minimum atomic E-state index is -2.68. The van der Waals surface area contributed by atoms with Gasteiger partial charge in [0.15, 0.2) is 8.07 Å². The second-order valence-corrected chi connectivity index (χ2v) is 19.9. The van der Waals surface area contributed by atoms with Crippen molar-refractivity contribution in [3.63, 3.8) is 0 Å². The average molecular weight is 720 g/mol. The molecule has 3 aliphatic rings. The highest BCUT2D eigenvalue weighted by atomic mass is 28.3. The number of benzene rings is 8. The Kier molecular flexibility index (Phi) is 6.82. The van der Waals surface area contributed by atoms with Gasteiger partial charge in [0, 0.05) is 22.4 Å². The molecular weight excluding hydrogens is 679 g/mol. The van der Waals surface area contributed by atoms with E-state index in [1.807, 2.05) is 0 Å². The number of hydrogen-bond acceptors (Lipinski definition) is 1. The number of anilines is 3. The molecule has 0 bridgehead atoms. The Morgan fingerprint density at radius 3 is 1.58 bits per heavy atom. The Morgan fingerprint density at radius 2 is 0.873 bits per heavy atom. The van der Waals surface area contributed by atoms with Crippen LogP contribution < -0.4 is 25.6 Å². The molecule has 55 heavy (non-hydrogen) atoms. The zero-order chi connectivity index (χ0) is 37.1. The van der Waals surface area contributed by atoms with Gasteiger partial charge in [0.05, 0.1) is 5.69 Å². The molecule has 0 radical (unpaired) electrons. The summed E-state index contributed by atoms with van der Waals surface area (Å²) in [5.41, 5.74) is 19.5. The van der Waals surface area contributed by atoms with Crippen molar-refractivity contribution in [2.75, 3.05) is 4.90 Å². The lowest BCUT2D eigenvalue weighted by molar-refractivity contribution is 0.660. The molecule has 8 aromatic rings. The van der Waals surface area contributed by atoms with Gasteiger partial charge in [-0.3, -0.25) is 0 Å². The molecule has 0 N–H and O–H groups in total. The maximum atomic E-state index is 2.58. The minimum Gasteiger partial charge on any atom is -0.310 e. The van der Waals surface area contributed by atoms with Crippen molar-refractivity contribution in [3.8, 4) is 44.5 Å². The third kappa shape index (κ3) is 4.40. The van der Waals surface area contributed by atoms with Crippen LogP contribution in [-0.4, -0.2) is 8.07 Å². The molecule has 2 heteroatoms. The zero-order valence-electron chi connectivity index (χ0n) is 31.7. The largest absolute Gasteiger partial charge is 0.310 e. The van der Waals surface area contributed by atoms with E-state index in [2.05, 4.69) is 209 Å². The Labute approximate surface area is 325 Å². The van der Waals surface area contributed by atoms with E-state index in [1.54, 1.807) is 0 Å². The van der Waals surface area contributed by atoms with Crippen LogP contribution in [0.4, 0.5) is 17.1 Å². The Morgan fingerprint density at radius 1 is 0.382 bits per heavy atom. The van der Waals surface area contributed by atoms with E-state index in [0.717, 1.165) is 0 Å². The molecule has 1 aliphatic carbocycles. The van der Waals surface area contributed by atoms with E-state index in [-0.39, 0.29) is 5.41 Å². The predicted molar refractivity (Wildman–Crippen MR) is 235 cm³/mol. The van der Waals surface area contributed by atoms with Crippen molar-refractivity contribution < 1.29 is 0 Å². The summed E-state index contributed by atoms with van der Waals surface area (Å²) >= 11 is 0. The molecule has 1 spiro atoms. The zero-order valence-corrected chi connectivity index (χ0v) is 32.7. The van der Waals surface area contributed by atoms with E-state index in [0.29, 0.717) is 0 Å². The summed E-state index contributed by atoms with van der Waals surface area (Å²) in [7, 11) is -2.68. The van der Waals surface area contributed by atoms with Gasteiger partial charge in [0.2, 0.25) is 0 Å². The summed E-state index contributed by atoms with van der Waals surface area (Å²) < 4.78 is 0. The van der Waals surface area contributed by atoms with Crippen LogP contribution in [0.5, 0.6) is 0 Å². The van der Waals surface area contributed by atoms with Crippen LogP contribution in [0.2, 0.25) is 0 Å². The fourth-order valence-electron chi connectivity index (χ4n) is 10.3. The van der Waals surface area contributed by atoms with E-state index in [4.69, 9.17) is 0 Å². The second kappa shape index (κ2) is 11.6. The molecule has 0 atom stereocenters. The Bertz CT molecular complexity index is 2830. The highest BCUT2D eigenvalue weighted by molar-refractivity contribution is 7.24. The molecule has 0 aromatic heterocycles. The summed E-state index contributed by atoms with van der Waals surface area (Å²) in [6, 6.07) is 67.0. The van der Waals surface area contributed by atoms with Crippen LogP contribution in [0, 0.1) is 13.8 Å². The van der Waals surface area contributed by atoms with E-state index < -0.39 is 8.07 Å². The van der Waals surface area contributed by atoms with E-state index in [1.165, 1.54) is 105 Å². The van der Waals surface area contributed by atoms with Crippen LogP contribution in [0.3, 0.4) is 0 Å². The smallest absolute Gasteiger partial charge is 0.182 e. The number of fused-ring (bicyclic) bond motifs is 13. The van der Waals surface area contributed by atoms with Crippen molar-refractivity contribution in [3.05, 3.63) is 198 Å². The first kappa shape index (κ1) is 32.2. The monoisotopic (exact) mass is 719 g/mol. The lowest BCUT2D eigenvalue weighted by Gasteiger charge is -2.32. The standard InChI is InChI=1S/C53H41NSi/c1-34-22-26-43-44-27-23-35(2)31-51(44)55(50(43)30-34)49-21-13-10-18-42(49)45-29-25-38(33-52(45)55)54(48-20-12-9-16-39(48)36-14-6-5-7-15-36)37-24-28-41-40-17-8-11-19-46(40)53(3,4)47(41)32-37/h5-33H,1-4H3. The molecule has 8 aromatic carbocycles. The van der Waals surface area contributed by atoms with E-state index in [9.17, 15) is 0 Å². The molecule has 11 rings (SSSR count). The summed E-state index contributed by atoms with van der Waals surface area (Å²) in [5.74, 6) is 0. The van der Waals surface area contributed by atoms with Gasteiger partial charge in [0.25, 0.3) is 0 Å². The number of para-hydroxylation sites is 1. The molecular formula is C53H41NSi. The molecule has 0 unspecified atom stereocenters. The average Bonchev–Trinajstić information content (AvgIpc) is 3.76. The minimum absolute atomic E-state index is 0.115. The van der Waals surface area contributed by atoms with Crippen LogP contribution in [0.25, 0.3) is 44.5 Å². The maximum Gasteiger partial charge on any atom is 0.182 e. The molecule has 1 nitrogen and oxygen atoms in total. The van der Waals surface area contributed by atoms with Crippen LogP contribution >= 0.6 is 0 Å². The van der Waals surface area contributed by atoms with Gasteiger partial charge in [-0.15, -0.1) is 0 Å². The van der Waals surface area contributed by atoms with Crippen LogP contribution in [0.15, 0.2) is 176 Å². The lowest BCUT2D eigenvalue weighted by atomic mass is 9.82. The first-order chi connectivity index (χ1) is 26.9. The van der Waals surface area contributed by atoms with Gasteiger partial charge in [-0.2, -0.15) is 0 Å². The highest BCUT2D eigenvalue weighted by Crippen LogP contribution is 2.51. The predicted octanol–water partition coefficient (Wildman–Crippen LogP) is 11.1. The normalized spacial score (nSPS) is 14.5. The molecule has 262 valence electrons. The fraction of sp³-hybridized carbons (Fsp3) is 0.0943. The van der Waals surface area contributed by atoms with Crippen molar-refractivity contribution in [2.45, 2.75) is 33.1 Å². The summed E-state index contributed by atoms with van der Waals surface area (Å²) in [6.45, 7) is 9.27. The summed E-state index contributed by atoms with van der Waals surface area (Å²) in [5, 5.41) is 6.03. The third-order valence-corrected chi connectivity index (χ3v) is 17.7. The first-order valence-corrected chi connectivity index (χ1v) is 21.5. The van der Waals surface area contributed by atoms with Crippen molar-refractivity contribution in [1.29, 1.82) is 0 Å². The van der Waals surface area contributed by atoms with E-state index >= 15 is 0 Å². The van der Waals surface area contributed by atoms with Gasteiger partial charge in [-0.1, -0.05) is 171 Å². The number of hydrogen-bond donors (Lipinski definition) is 0. The van der Waals surface area contributed by atoms with Gasteiger partial charge < -0.3 is 4.90 Å². The maximum absolute atomic E-state index is 2.68. The van der Waals surface area contributed by atoms with Crippen LogP contribution in [0.1, 0.15) is 36.1 Å². The quantitative estimate of drug-likeness (QED) is 0.164. The Hall–Kier alpha value is -6.22. The third-order valence-electron chi connectivity index (χ3n) is 12.8. The lowest BCUT2D eigenvalue weighted by Crippen LogP contribution is -2.70. The molecule has 0 saturated carbocycles. The number of rotatable bonds is 4. The summed E-state index contributed by atoms with van der Waals surface area (Å²) in [4.78, 5) is 2.54. The molecule has 2 heterocycles. The topological polar surface area (TPSA) is 3.24 Å². The van der Waals surface area contributed by atoms with Crippen molar-refractivity contribution in [1.82, 2.24) is 0 Å². The van der Waals surface area contributed by atoms with Gasteiger partial charge in [-0.25, -0.2) is 0 Å². The molecule has 2 aliphatic heterocycles. The SMILES string of the molecule is Cc1ccc2c(c1)[Si]1(c3ccccc3-c3ccc(N(c4ccc5c(c4)C(C)(C)c4ccccc4-5)c4ccccc4-c4ccccc4)cc31)c1cc(C)ccc1-2. The van der Waals surface area contributed by atoms with Gasteiger partial charge in [-0.05, 0) is 115 Å². The fourth-order valence-corrected chi connectivity index (χ4v) is 16.2. The van der Waals surface area contributed by atoms with Crippen LogP contribution in [-0.2, 0) is 5.41 Å². The summed E-state index contributed by atoms with van der Waals surface area (Å²) in [6.07, 6.45) is 0. The Balaban J connectivity index is 1.21. The van der Waals surface area contributed by atoms with Crippen molar-refractivity contribution >= 4 is 45.9 Å².